The molecule has 2 heterocycles. The number of nitro benzene ring substituents is 1. The van der Waals surface area contributed by atoms with E-state index in [2.05, 4.69) is 9.97 Å². The molecule has 1 unspecified atom stereocenters. The molecule has 0 bridgehead atoms. The van der Waals surface area contributed by atoms with Crippen molar-refractivity contribution in [1.82, 2.24) is 14.9 Å². The van der Waals surface area contributed by atoms with Crippen LogP contribution in [0.15, 0.2) is 73.3 Å². The number of rotatable bonds is 8. The molecule has 1 atom stereocenters. The molecule has 0 aliphatic heterocycles. The van der Waals surface area contributed by atoms with Gasteiger partial charge in [-0.3, -0.25) is 29.8 Å². The minimum atomic E-state index is -0.832. The second-order valence-corrected chi connectivity index (χ2v) is 6.27. The van der Waals surface area contributed by atoms with Gasteiger partial charge in [0.2, 0.25) is 5.91 Å². The second kappa shape index (κ2) is 8.83. The summed E-state index contributed by atoms with van der Waals surface area (Å²) in [4.78, 5) is 33.0. The maximum Gasteiger partial charge on any atom is 0.269 e. The highest BCUT2D eigenvalue weighted by molar-refractivity contribution is 5.81. The first kappa shape index (κ1) is 19.1. The molecule has 3 rings (SSSR count). The Bertz CT molecular complexity index is 909. The lowest BCUT2D eigenvalue weighted by atomic mass is 10.0. The van der Waals surface area contributed by atoms with Crippen molar-refractivity contribution in [3.8, 4) is 0 Å². The Morgan fingerprint density at radius 2 is 1.54 bits per heavy atom. The summed E-state index contributed by atoms with van der Waals surface area (Å²) in [5, 5.41) is 11.2. The van der Waals surface area contributed by atoms with Crippen LogP contribution in [-0.2, 0) is 17.9 Å². The molecule has 28 heavy (non-hydrogen) atoms. The molecule has 0 radical (unpaired) electrons. The molecule has 0 aliphatic rings. The summed E-state index contributed by atoms with van der Waals surface area (Å²) < 4.78 is 0. The van der Waals surface area contributed by atoms with Crippen LogP contribution in [0.3, 0.4) is 0 Å². The summed E-state index contributed by atoms with van der Waals surface area (Å²) in [6.45, 7) is 0.836. The van der Waals surface area contributed by atoms with E-state index in [1.807, 2.05) is 29.2 Å². The predicted octanol–water partition coefficient (Wildman–Crippen LogP) is 2.61. The van der Waals surface area contributed by atoms with Crippen molar-refractivity contribution in [3.05, 3.63) is 100 Å². The molecule has 0 aliphatic carbocycles. The number of carbonyl (C=O) groups excluding carboxylic acids is 1. The van der Waals surface area contributed by atoms with Crippen molar-refractivity contribution in [1.29, 1.82) is 0 Å². The Morgan fingerprint density at radius 1 is 1.00 bits per heavy atom. The Balaban J connectivity index is 2.00. The highest BCUT2D eigenvalue weighted by Gasteiger charge is 2.27. The number of benzene rings is 1. The summed E-state index contributed by atoms with van der Waals surface area (Å²) in [5.41, 5.74) is 8.01. The molecule has 2 N–H and O–H groups in total. The smallest absolute Gasteiger partial charge is 0.269 e. The fourth-order valence-corrected chi connectivity index (χ4v) is 3.05. The van der Waals surface area contributed by atoms with Crippen LogP contribution < -0.4 is 5.73 Å². The SMILES string of the molecule is NC(=O)C(c1cccc([N+](=O)[O-])c1)N(Cc1ccncc1)Cc1ccncc1. The van der Waals surface area contributed by atoms with Crippen LogP contribution in [0.1, 0.15) is 22.7 Å². The van der Waals surface area contributed by atoms with Crippen molar-refractivity contribution < 1.29 is 9.72 Å². The molecule has 8 heteroatoms. The topological polar surface area (TPSA) is 115 Å². The van der Waals surface area contributed by atoms with Crippen molar-refractivity contribution in [3.63, 3.8) is 0 Å². The van der Waals surface area contributed by atoms with Gasteiger partial charge in [-0.15, -0.1) is 0 Å². The van der Waals surface area contributed by atoms with Gasteiger partial charge >= 0.3 is 0 Å². The van der Waals surface area contributed by atoms with Gasteiger partial charge in [-0.2, -0.15) is 0 Å². The summed E-state index contributed by atoms with van der Waals surface area (Å²) >= 11 is 0. The van der Waals surface area contributed by atoms with E-state index < -0.39 is 16.9 Å². The number of hydrogen-bond donors (Lipinski definition) is 1. The van der Waals surface area contributed by atoms with Gasteiger partial charge in [0.15, 0.2) is 0 Å². The van der Waals surface area contributed by atoms with E-state index in [4.69, 9.17) is 5.73 Å². The lowest BCUT2D eigenvalue weighted by molar-refractivity contribution is -0.384. The van der Waals surface area contributed by atoms with Gasteiger partial charge in [-0.25, -0.2) is 0 Å². The molecule has 142 valence electrons. The molecule has 1 aromatic carbocycles. The van der Waals surface area contributed by atoms with Crippen LogP contribution >= 0.6 is 0 Å². The van der Waals surface area contributed by atoms with Gasteiger partial charge in [0.1, 0.15) is 6.04 Å². The zero-order valence-corrected chi connectivity index (χ0v) is 15.0. The number of nitro groups is 1. The standard InChI is InChI=1S/C20H19N5O3/c21-20(26)19(17-2-1-3-18(12-17)25(27)28)24(13-15-4-8-22-9-5-15)14-16-6-10-23-11-7-16/h1-12,19H,13-14H2,(H2,21,26). The van der Waals surface area contributed by atoms with Gasteiger partial charge in [0.05, 0.1) is 4.92 Å². The Kier molecular flexibility index (Phi) is 6.03. The fraction of sp³-hybridized carbons (Fsp3) is 0.150. The van der Waals surface area contributed by atoms with Crippen molar-refractivity contribution >= 4 is 11.6 Å². The number of primary amides is 1. The van der Waals surface area contributed by atoms with Crippen LogP contribution in [0.5, 0.6) is 0 Å². The van der Waals surface area contributed by atoms with Crippen molar-refractivity contribution in [2.24, 2.45) is 5.73 Å². The molecular formula is C20H19N5O3. The predicted molar refractivity (Wildman–Crippen MR) is 103 cm³/mol. The van der Waals surface area contributed by atoms with Crippen LogP contribution in [-0.4, -0.2) is 25.7 Å². The van der Waals surface area contributed by atoms with Crippen molar-refractivity contribution in [2.75, 3.05) is 0 Å². The quantitative estimate of drug-likeness (QED) is 0.476. The maximum absolute atomic E-state index is 12.4. The third kappa shape index (κ3) is 4.74. The Labute approximate surface area is 161 Å². The van der Waals surface area contributed by atoms with E-state index in [9.17, 15) is 14.9 Å². The molecular weight excluding hydrogens is 358 g/mol. The van der Waals surface area contributed by atoms with Gasteiger partial charge in [-0.1, -0.05) is 12.1 Å². The van der Waals surface area contributed by atoms with Crippen LogP contribution in [0.4, 0.5) is 5.69 Å². The summed E-state index contributed by atoms with van der Waals surface area (Å²) in [6, 6.07) is 12.6. The summed E-state index contributed by atoms with van der Waals surface area (Å²) in [7, 11) is 0. The molecule has 0 saturated carbocycles. The normalized spacial score (nSPS) is 11.9. The molecule has 0 spiro atoms. The van der Waals surface area contributed by atoms with Crippen LogP contribution in [0.2, 0.25) is 0 Å². The lowest BCUT2D eigenvalue weighted by Crippen LogP contribution is -2.37. The molecule has 8 nitrogen and oxygen atoms in total. The number of aromatic nitrogens is 2. The number of hydrogen-bond acceptors (Lipinski definition) is 6. The first-order valence-electron chi connectivity index (χ1n) is 8.60. The highest BCUT2D eigenvalue weighted by atomic mass is 16.6. The van der Waals surface area contributed by atoms with E-state index in [0.29, 0.717) is 18.7 Å². The highest BCUT2D eigenvalue weighted by Crippen LogP contribution is 2.27. The Hall–Kier alpha value is -3.65. The average Bonchev–Trinajstić information content (AvgIpc) is 2.69. The van der Waals surface area contributed by atoms with E-state index in [0.717, 1.165) is 11.1 Å². The van der Waals surface area contributed by atoms with E-state index in [1.54, 1.807) is 36.9 Å². The van der Waals surface area contributed by atoms with Gasteiger partial charge < -0.3 is 5.73 Å². The zero-order chi connectivity index (χ0) is 19.9. The number of nitrogens with two attached hydrogens (primary N) is 1. The third-order valence-electron chi connectivity index (χ3n) is 4.30. The number of nitrogens with zero attached hydrogens (tertiary/aromatic N) is 4. The fourth-order valence-electron chi connectivity index (χ4n) is 3.05. The van der Waals surface area contributed by atoms with E-state index >= 15 is 0 Å². The van der Waals surface area contributed by atoms with E-state index in [-0.39, 0.29) is 5.69 Å². The van der Waals surface area contributed by atoms with Gasteiger partial charge in [-0.05, 0) is 41.0 Å². The van der Waals surface area contributed by atoms with Crippen LogP contribution in [0.25, 0.3) is 0 Å². The first-order valence-corrected chi connectivity index (χ1v) is 8.60. The largest absolute Gasteiger partial charge is 0.368 e. The van der Waals surface area contributed by atoms with Gasteiger partial charge in [0.25, 0.3) is 5.69 Å². The van der Waals surface area contributed by atoms with Crippen LogP contribution in [0, 0.1) is 10.1 Å². The first-order chi connectivity index (χ1) is 13.5. The number of amides is 1. The number of pyridine rings is 2. The number of non-ortho nitro benzene ring substituents is 1. The molecule has 3 aromatic rings. The zero-order valence-electron chi connectivity index (χ0n) is 15.0. The lowest BCUT2D eigenvalue weighted by Gasteiger charge is -2.30. The average molecular weight is 377 g/mol. The minimum absolute atomic E-state index is 0.0866. The maximum atomic E-state index is 12.4. The molecule has 0 saturated heterocycles. The van der Waals surface area contributed by atoms with Crippen molar-refractivity contribution in [2.45, 2.75) is 19.1 Å². The number of carbonyl (C=O) groups is 1. The minimum Gasteiger partial charge on any atom is -0.368 e. The summed E-state index contributed by atoms with van der Waals surface area (Å²) in [6.07, 6.45) is 6.69. The van der Waals surface area contributed by atoms with E-state index in [1.165, 1.54) is 12.1 Å². The Morgan fingerprint density at radius 3 is 2.00 bits per heavy atom. The second-order valence-electron chi connectivity index (χ2n) is 6.27. The molecule has 0 fully saturated rings. The monoisotopic (exact) mass is 377 g/mol. The molecule has 1 amide bonds. The van der Waals surface area contributed by atoms with Gasteiger partial charge in [0, 0.05) is 50.0 Å². The molecule has 2 aromatic heterocycles. The summed E-state index contributed by atoms with van der Waals surface area (Å²) in [5.74, 6) is -0.580. The third-order valence-corrected chi connectivity index (χ3v) is 4.30.